The van der Waals surface area contributed by atoms with E-state index in [0.29, 0.717) is 22.7 Å². The molecule has 0 aliphatic heterocycles. The van der Waals surface area contributed by atoms with Crippen LogP contribution >= 0.6 is 15.9 Å². The number of fused-ring (bicyclic) bond motifs is 1. The van der Waals surface area contributed by atoms with Gasteiger partial charge in [-0.05, 0) is 51.0 Å². The number of nitriles is 1. The number of ether oxygens (including phenoxy) is 2. The smallest absolute Gasteiger partial charge is 0.262 e. The number of benzene rings is 3. The van der Waals surface area contributed by atoms with Gasteiger partial charge in [0.1, 0.15) is 11.5 Å². The third kappa shape index (κ3) is 3.79. The van der Waals surface area contributed by atoms with Crippen molar-refractivity contribution in [1.29, 1.82) is 5.26 Å². The summed E-state index contributed by atoms with van der Waals surface area (Å²) in [6, 6.07) is 18.5. The Morgan fingerprint density at radius 2 is 1.92 bits per heavy atom. The van der Waals surface area contributed by atoms with Gasteiger partial charge >= 0.3 is 0 Å². The van der Waals surface area contributed by atoms with E-state index in [-0.39, 0.29) is 12.5 Å². The number of halogens is 1. The second-order valence-electron chi connectivity index (χ2n) is 5.46. The van der Waals surface area contributed by atoms with E-state index in [9.17, 15) is 4.79 Å². The van der Waals surface area contributed by atoms with Crippen molar-refractivity contribution in [1.82, 2.24) is 0 Å². The van der Waals surface area contributed by atoms with Gasteiger partial charge in [-0.25, -0.2) is 0 Å². The van der Waals surface area contributed by atoms with Crippen molar-refractivity contribution in [3.8, 4) is 17.6 Å². The highest BCUT2D eigenvalue weighted by Gasteiger charge is 2.11. The van der Waals surface area contributed by atoms with Gasteiger partial charge in [0.15, 0.2) is 6.61 Å². The summed E-state index contributed by atoms with van der Waals surface area (Å²) in [5.74, 6) is 0.708. The summed E-state index contributed by atoms with van der Waals surface area (Å²) in [6.45, 7) is -0.170. The van der Waals surface area contributed by atoms with Crippen LogP contribution in [0, 0.1) is 11.3 Å². The van der Waals surface area contributed by atoms with Crippen molar-refractivity contribution >= 4 is 38.3 Å². The Kier molecular flexibility index (Phi) is 5.40. The third-order valence-electron chi connectivity index (χ3n) is 3.79. The minimum atomic E-state index is -0.349. The van der Waals surface area contributed by atoms with Crippen molar-refractivity contribution < 1.29 is 14.3 Å². The zero-order chi connectivity index (χ0) is 18.5. The lowest BCUT2D eigenvalue weighted by Gasteiger charge is -2.12. The number of hydrogen-bond donors (Lipinski definition) is 1. The van der Waals surface area contributed by atoms with Gasteiger partial charge in [-0.15, -0.1) is 0 Å². The first-order valence-electron chi connectivity index (χ1n) is 7.80. The molecule has 130 valence electrons. The molecule has 1 amide bonds. The highest BCUT2D eigenvalue weighted by Crippen LogP contribution is 2.33. The van der Waals surface area contributed by atoms with Gasteiger partial charge in [0, 0.05) is 0 Å². The molecule has 5 nitrogen and oxygen atoms in total. The molecule has 0 saturated heterocycles. The average Bonchev–Trinajstić information content (AvgIpc) is 2.67. The monoisotopic (exact) mass is 410 g/mol. The van der Waals surface area contributed by atoms with Crippen LogP contribution in [0.3, 0.4) is 0 Å². The molecule has 0 radical (unpaired) electrons. The van der Waals surface area contributed by atoms with Gasteiger partial charge in [0.25, 0.3) is 5.91 Å². The van der Waals surface area contributed by atoms with Crippen molar-refractivity contribution in [3.63, 3.8) is 0 Å². The minimum absolute atomic E-state index is 0.170. The van der Waals surface area contributed by atoms with E-state index in [1.807, 2.05) is 42.5 Å². The average molecular weight is 411 g/mol. The van der Waals surface area contributed by atoms with Crippen LogP contribution in [-0.2, 0) is 4.79 Å². The van der Waals surface area contributed by atoms with Gasteiger partial charge in [-0.1, -0.05) is 30.3 Å². The van der Waals surface area contributed by atoms with Crippen LogP contribution in [0.1, 0.15) is 5.56 Å². The summed E-state index contributed by atoms with van der Waals surface area (Å²) in [5.41, 5.74) is 0.858. The molecule has 0 unspecified atom stereocenters. The fourth-order valence-electron chi connectivity index (χ4n) is 2.53. The number of hydrogen-bond acceptors (Lipinski definition) is 4. The Bertz CT molecular complexity index is 1010. The molecule has 0 fully saturated rings. The molecule has 0 aliphatic carbocycles. The molecule has 0 heterocycles. The standard InChI is InChI=1S/C20H15BrN2O3/c1-25-17-8-6-13(11-22)10-16(17)23-19(24)12-26-18-9-7-14-4-2-3-5-15(14)20(18)21/h2-10H,12H2,1H3,(H,23,24). The molecule has 3 rings (SSSR count). The zero-order valence-electron chi connectivity index (χ0n) is 14.0. The molecule has 3 aromatic rings. The number of amides is 1. The topological polar surface area (TPSA) is 71.3 Å². The van der Waals surface area contributed by atoms with E-state index >= 15 is 0 Å². The molecule has 0 atom stereocenters. The number of anilines is 1. The second-order valence-corrected chi connectivity index (χ2v) is 6.26. The summed E-state index contributed by atoms with van der Waals surface area (Å²) < 4.78 is 11.6. The molecular weight excluding hydrogens is 396 g/mol. The van der Waals surface area contributed by atoms with Gasteiger partial charge in [0.2, 0.25) is 0 Å². The van der Waals surface area contributed by atoms with Gasteiger partial charge in [-0.2, -0.15) is 5.26 Å². The summed E-state index contributed by atoms with van der Waals surface area (Å²) in [5, 5.41) is 13.8. The van der Waals surface area contributed by atoms with Gasteiger partial charge < -0.3 is 14.8 Å². The summed E-state index contributed by atoms with van der Waals surface area (Å²) >= 11 is 3.53. The van der Waals surface area contributed by atoms with Gasteiger partial charge in [-0.3, -0.25) is 4.79 Å². The van der Waals surface area contributed by atoms with Crippen LogP contribution in [0.15, 0.2) is 59.1 Å². The highest BCUT2D eigenvalue weighted by atomic mass is 79.9. The Balaban J connectivity index is 1.72. The number of nitrogens with one attached hydrogen (secondary N) is 1. The van der Waals surface area contributed by atoms with Crippen LogP contribution in [-0.4, -0.2) is 19.6 Å². The predicted octanol–water partition coefficient (Wildman–Crippen LogP) is 4.50. The Morgan fingerprint density at radius 3 is 2.69 bits per heavy atom. The largest absolute Gasteiger partial charge is 0.495 e. The maximum Gasteiger partial charge on any atom is 0.262 e. The fraction of sp³-hybridized carbons (Fsp3) is 0.100. The first kappa shape index (κ1) is 17.8. The maximum atomic E-state index is 12.2. The van der Waals surface area contributed by atoms with Gasteiger partial charge in [0.05, 0.1) is 28.9 Å². The Labute approximate surface area is 159 Å². The molecule has 0 aromatic heterocycles. The van der Waals surface area contributed by atoms with E-state index in [4.69, 9.17) is 14.7 Å². The molecule has 0 aliphatic rings. The van der Waals surface area contributed by atoms with Crippen LogP contribution in [0.4, 0.5) is 5.69 Å². The summed E-state index contributed by atoms with van der Waals surface area (Å²) in [7, 11) is 1.50. The van der Waals surface area contributed by atoms with E-state index in [2.05, 4.69) is 21.2 Å². The SMILES string of the molecule is COc1ccc(C#N)cc1NC(=O)COc1ccc2ccccc2c1Br. The molecule has 6 heteroatoms. The lowest BCUT2D eigenvalue weighted by atomic mass is 10.1. The lowest BCUT2D eigenvalue weighted by Crippen LogP contribution is -2.20. The lowest BCUT2D eigenvalue weighted by molar-refractivity contribution is -0.118. The molecule has 0 spiro atoms. The van der Waals surface area contributed by atoms with Crippen LogP contribution in [0.25, 0.3) is 10.8 Å². The first-order chi connectivity index (χ1) is 12.6. The van der Waals surface area contributed by atoms with Crippen LogP contribution in [0.2, 0.25) is 0 Å². The molecular formula is C20H15BrN2O3. The molecule has 1 N–H and O–H groups in total. The quantitative estimate of drug-likeness (QED) is 0.671. The van der Waals surface area contributed by atoms with E-state index in [1.165, 1.54) is 7.11 Å². The highest BCUT2D eigenvalue weighted by molar-refractivity contribution is 9.10. The summed E-state index contributed by atoms with van der Waals surface area (Å²) in [4.78, 5) is 12.2. The Morgan fingerprint density at radius 1 is 1.15 bits per heavy atom. The number of methoxy groups -OCH3 is 1. The zero-order valence-corrected chi connectivity index (χ0v) is 15.5. The minimum Gasteiger partial charge on any atom is -0.495 e. The molecule has 26 heavy (non-hydrogen) atoms. The fourth-order valence-corrected chi connectivity index (χ4v) is 3.14. The van der Waals surface area contributed by atoms with E-state index in [0.717, 1.165) is 15.2 Å². The predicted molar refractivity (Wildman–Crippen MR) is 103 cm³/mol. The van der Waals surface area contributed by atoms with Crippen molar-refractivity contribution in [2.24, 2.45) is 0 Å². The van der Waals surface area contributed by atoms with E-state index in [1.54, 1.807) is 18.2 Å². The van der Waals surface area contributed by atoms with Crippen LogP contribution in [0.5, 0.6) is 11.5 Å². The molecule has 0 bridgehead atoms. The first-order valence-corrected chi connectivity index (χ1v) is 8.59. The van der Waals surface area contributed by atoms with Crippen LogP contribution < -0.4 is 14.8 Å². The normalized spacial score (nSPS) is 10.2. The van der Waals surface area contributed by atoms with Crippen molar-refractivity contribution in [2.75, 3.05) is 19.0 Å². The third-order valence-corrected chi connectivity index (χ3v) is 4.61. The van der Waals surface area contributed by atoms with Crippen molar-refractivity contribution in [3.05, 3.63) is 64.6 Å². The number of rotatable bonds is 5. The summed E-state index contributed by atoms with van der Waals surface area (Å²) in [6.07, 6.45) is 0. The molecule has 0 saturated carbocycles. The Hall–Kier alpha value is -3.04. The van der Waals surface area contributed by atoms with Crippen molar-refractivity contribution in [2.45, 2.75) is 0 Å². The molecule has 3 aromatic carbocycles. The number of nitrogens with zero attached hydrogens (tertiary/aromatic N) is 1. The number of carbonyl (C=O) groups excluding carboxylic acids is 1. The second kappa shape index (κ2) is 7.89. The number of carbonyl (C=O) groups is 1. The maximum absolute atomic E-state index is 12.2. The van der Waals surface area contributed by atoms with E-state index < -0.39 is 0 Å².